The first-order valence-electron chi connectivity index (χ1n) is 17.6. The van der Waals surface area contributed by atoms with Gasteiger partial charge in [0.2, 0.25) is 11.8 Å². The molecule has 0 bridgehead atoms. The smallest absolute Gasteiger partial charge is 0.411 e. The molecule has 2 heterocycles. The van der Waals surface area contributed by atoms with Crippen molar-refractivity contribution >= 4 is 29.3 Å². The van der Waals surface area contributed by atoms with E-state index >= 15 is 0 Å². The van der Waals surface area contributed by atoms with Crippen molar-refractivity contribution in [2.75, 3.05) is 56.9 Å². The molecule has 0 unspecified atom stereocenters. The number of unbranched alkanes of at least 4 members (excludes halogenated alkanes) is 2. The Hall–Kier alpha value is -4.37. The van der Waals surface area contributed by atoms with Crippen LogP contribution < -0.4 is 10.6 Å². The van der Waals surface area contributed by atoms with Gasteiger partial charge >= 0.3 is 6.09 Å². The van der Waals surface area contributed by atoms with E-state index in [1.165, 1.54) is 11.1 Å². The van der Waals surface area contributed by atoms with Gasteiger partial charge in [0.1, 0.15) is 6.10 Å². The van der Waals surface area contributed by atoms with E-state index in [-0.39, 0.29) is 17.9 Å². The highest BCUT2D eigenvalue weighted by atomic mass is 16.6. The maximum absolute atomic E-state index is 12.7. The van der Waals surface area contributed by atoms with Crippen molar-refractivity contribution in [2.24, 2.45) is 0 Å². The van der Waals surface area contributed by atoms with Gasteiger partial charge in [-0.05, 0) is 67.0 Å². The van der Waals surface area contributed by atoms with Crippen molar-refractivity contribution in [3.8, 4) is 11.1 Å². The monoisotopic (exact) mass is 653 g/mol. The lowest BCUT2D eigenvalue weighted by atomic mass is 9.98. The number of piperidine rings is 1. The van der Waals surface area contributed by atoms with E-state index in [4.69, 9.17) is 4.74 Å². The number of benzene rings is 3. The van der Waals surface area contributed by atoms with Gasteiger partial charge in [-0.2, -0.15) is 0 Å². The first kappa shape index (κ1) is 35.0. The normalized spacial score (nSPS) is 15.0. The summed E-state index contributed by atoms with van der Waals surface area (Å²) >= 11 is 0. The summed E-state index contributed by atoms with van der Waals surface area (Å²) in [6.07, 6.45) is 5.97. The zero-order valence-electron chi connectivity index (χ0n) is 28.6. The molecule has 1 saturated heterocycles. The molecule has 9 nitrogen and oxygen atoms in total. The molecule has 0 atom stereocenters. The number of para-hydroxylation sites is 1. The summed E-state index contributed by atoms with van der Waals surface area (Å²) in [5, 5.41) is 6.47. The summed E-state index contributed by atoms with van der Waals surface area (Å²) in [7, 11) is 1.89. The summed E-state index contributed by atoms with van der Waals surface area (Å²) < 4.78 is 5.77. The Morgan fingerprint density at radius 2 is 1.67 bits per heavy atom. The summed E-state index contributed by atoms with van der Waals surface area (Å²) in [4.78, 5) is 43.6. The molecule has 2 N–H and O–H groups in total. The fourth-order valence-corrected chi connectivity index (χ4v) is 6.52. The molecule has 9 heteroatoms. The zero-order valence-corrected chi connectivity index (χ0v) is 28.6. The minimum Gasteiger partial charge on any atom is -0.446 e. The number of amides is 3. The number of fused-ring (bicyclic) bond motifs is 1. The van der Waals surface area contributed by atoms with Crippen LogP contribution in [-0.2, 0) is 27.3 Å². The number of hydrogen-bond acceptors (Lipinski definition) is 6. The van der Waals surface area contributed by atoms with Crippen molar-refractivity contribution in [1.82, 2.24) is 14.7 Å². The first-order valence-corrected chi connectivity index (χ1v) is 17.6. The lowest BCUT2D eigenvalue weighted by Gasteiger charge is -2.32. The molecule has 0 aliphatic carbocycles. The molecule has 0 aromatic heterocycles. The van der Waals surface area contributed by atoms with Gasteiger partial charge in [-0.15, -0.1) is 0 Å². The zero-order chi connectivity index (χ0) is 33.7. The van der Waals surface area contributed by atoms with E-state index in [2.05, 4.69) is 33.7 Å². The van der Waals surface area contributed by atoms with E-state index in [0.717, 1.165) is 93.8 Å². The lowest BCUT2D eigenvalue weighted by molar-refractivity contribution is -0.132. The van der Waals surface area contributed by atoms with Crippen LogP contribution in [0.4, 0.5) is 16.2 Å². The molecule has 48 heavy (non-hydrogen) atoms. The Balaban J connectivity index is 0.917. The fourth-order valence-electron chi connectivity index (χ4n) is 6.52. The number of likely N-dealkylation sites (N-methyl/N-ethyl adjacent to an activating group) is 1. The SMILES string of the molecule is CCC(=O)N1CCc2cc(NCCCCCC(=O)N(C)CCN3CCC(OC(=O)Nc4ccccc4-c4ccccc4)CC3)ccc2C1. The molecule has 3 aromatic rings. The molecule has 3 amide bonds. The van der Waals surface area contributed by atoms with Gasteiger partial charge in [0.05, 0.1) is 5.69 Å². The van der Waals surface area contributed by atoms with Gasteiger partial charge in [-0.3, -0.25) is 14.9 Å². The van der Waals surface area contributed by atoms with Crippen molar-refractivity contribution in [3.05, 3.63) is 83.9 Å². The highest BCUT2D eigenvalue weighted by Gasteiger charge is 2.23. The Bertz CT molecular complexity index is 1510. The van der Waals surface area contributed by atoms with Crippen LogP contribution in [0.15, 0.2) is 72.8 Å². The van der Waals surface area contributed by atoms with Crippen LogP contribution in [0.1, 0.15) is 63.0 Å². The number of hydrogen-bond donors (Lipinski definition) is 2. The average Bonchev–Trinajstić information content (AvgIpc) is 3.12. The molecular formula is C39H51N5O4. The number of likely N-dealkylation sites (tertiary alicyclic amines) is 1. The third-order valence-electron chi connectivity index (χ3n) is 9.50. The average molecular weight is 654 g/mol. The molecule has 0 radical (unpaired) electrons. The standard InChI is InChI=1S/C39H51N5O4/c1-3-37(45)44-25-19-31-28-33(18-17-32(31)29-44)40-22-11-5-8-16-38(46)42(2)26-27-43-23-20-34(21-24-43)48-39(47)41-36-15-10-9-14-35(36)30-12-6-4-7-13-30/h4,6-7,9-10,12-15,17-18,28,34,40H,3,5,8,11,16,19-27,29H2,1-2H3,(H,41,47). The van der Waals surface area contributed by atoms with Crippen LogP contribution in [0.25, 0.3) is 11.1 Å². The number of nitrogens with zero attached hydrogens (tertiary/aromatic N) is 3. The molecule has 5 rings (SSSR count). The van der Waals surface area contributed by atoms with Crippen LogP contribution in [0, 0.1) is 0 Å². The molecule has 3 aromatic carbocycles. The third kappa shape index (κ3) is 10.1. The topological polar surface area (TPSA) is 94.2 Å². The Kier molecular flexibility index (Phi) is 12.9. The van der Waals surface area contributed by atoms with Crippen LogP contribution >= 0.6 is 0 Å². The maximum Gasteiger partial charge on any atom is 0.411 e. The number of ether oxygens (including phenoxy) is 1. The number of carbonyl (C=O) groups excluding carboxylic acids is 3. The van der Waals surface area contributed by atoms with Gasteiger partial charge in [-0.25, -0.2) is 4.79 Å². The fraction of sp³-hybridized carbons (Fsp3) is 0.462. The Morgan fingerprint density at radius 3 is 2.46 bits per heavy atom. The molecule has 256 valence electrons. The molecule has 2 aliphatic heterocycles. The highest BCUT2D eigenvalue weighted by Crippen LogP contribution is 2.28. The predicted molar refractivity (Wildman–Crippen MR) is 192 cm³/mol. The second kappa shape index (κ2) is 17.7. The van der Waals surface area contributed by atoms with Gasteiger partial charge < -0.3 is 24.8 Å². The van der Waals surface area contributed by atoms with Gasteiger partial charge in [-0.1, -0.05) is 67.9 Å². The van der Waals surface area contributed by atoms with Crippen molar-refractivity contribution in [3.63, 3.8) is 0 Å². The molecule has 0 saturated carbocycles. The van der Waals surface area contributed by atoms with Crippen molar-refractivity contribution < 1.29 is 19.1 Å². The van der Waals surface area contributed by atoms with Crippen LogP contribution in [0.3, 0.4) is 0 Å². The second-order valence-corrected chi connectivity index (χ2v) is 12.9. The summed E-state index contributed by atoms with van der Waals surface area (Å²) in [6, 6.07) is 24.2. The van der Waals surface area contributed by atoms with E-state index in [1.54, 1.807) is 0 Å². The largest absolute Gasteiger partial charge is 0.446 e. The van der Waals surface area contributed by atoms with Gasteiger partial charge in [0.15, 0.2) is 0 Å². The summed E-state index contributed by atoms with van der Waals surface area (Å²) in [5.74, 6) is 0.416. The Labute approximate surface area is 285 Å². The number of nitrogens with one attached hydrogen (secondary N) is 2. The lowest BCUT2D eigenvalue weighted by Crippen LogP contribution is -2.42. The van der Waals surface area contributed by atoms with Crippen molar-refractivity contribution in [2.45, 2.75) is 70.9 Å². The van der Waals surface area contributed by atoms with E-state index < -0.39 is 6.09 Å². The maximum atomic E-state index is 12.7. The number of carbonyl (C=O) groups is 3. The minimum atomic E-state index is -0.421. The Morgan fingerprint density at radius 1 is 0.896 bits per heavy atom. The van der Waals surface area contributed by atoms with Crippen molar-refractivity contribution in [1.29, 1.82) is 0 Å². The molecule has 2 aliphatic rings. The van der Waals surface area contributed by atoms with E-state index in [1.807, 2.05) is 78.4 Å². The van der Waals surface area contributed by atoms with Gasteiger partial charge in [0.25, 0.3) is 0 Å². The van der Waals surface area contributed by atoms with E-state index in [0.29, 0.717) is 25.9 Å². The van der Waals surface area contributed by atoms with E-state index in [9.17, 15) is 14.4 Å². The molecule has 1 fully saturated rings. The quantitative estimate of drug-likeness (QED) is 0.186. The number of rotatable bonds is 14. The van der Waals surface area contributed by atoms with Crippen LogP contribution in [0.5, 0.6) is 0 Å². The third-order valence-corrected chi connectivity index (χ3v) is 9.50. The summed E-state index contributed by atoms with van der Waals surface area (Å²) in [6.45, 7) is 7.51. The predicted octanol–water partition coefficient (Wildman–Crippen LogP) is 6.79. The highest BCUT2D eigenvalue weighted by molar-refractivity contribution is 5.91. The first-order chi connectivity index (χ1) is 23.4. The summed E-state index contributed by atoms with van der Waals surface area (Å²) in [5.41, 5.74) is 6.44. The van der Waals surface area contributed by atoms with Crippen LogP contribution in [0.2, 0.25) is 0 Å². The minimum absolute atomic E-state index is 0.116. The molecule has 0 spiro atoms. The van der Waals surface area contributed by atoms with Crippen LogP contribution in [-0.4, -0.2) is 85.0 Å². The molecular weight excluding hydrogens is 602 g/mol. The van der Waals surface area contributed by atoms with Gasteiger partial charge in [0, 0.05) is 77.0 Å². The number of anilines is 2. The second-order valence-electron chi connectivity index (χ2n) is 12.9.